The molecule has 0 spiro atoms. The molecule has 0 unspecified atom stereocenters. The molecule has 0 saturated heterocycles. The van der Waals surface area contributed by atoms with Gasteiger partial charge in [0.2, 0.25) is 5.91 Å². The van der Waals surface area contributed by atoms with E-state index in [1.807, 2.05) is 36.6 Å². The standard InChI is InChI=1S/C16H22N2O5S/c1-11(15(20)21)17-14(19)13(8-9-24-2)18-16(22)23-10-12-6-4-3-5-7-12/h3-7,11,13H,8-10H2,1-2H3,(H,17,19)(H,18,22)(H,20,21)/t11-,13+/m1/s1. The molecule has 0 fully saturated rings. The molecule has 132 valence electrons. The first kappa shape index (κ1) is 19.8. The summed E-state index contributed by atoms with van der Waals surface area (Å²) in [5.41, 5.74) is 0.831. The third kappa shape index (κ3) is 7.36. The molecule has 1 aromatic rings. The van der Waals surface area contributed by atoms with E-state index < -0.39 is 30.1 Å². The number of alkyl carbamates (subject to hydrolysis) is 1. The largest absolute Gasteiger partial charge is 0.480 e. The molecule has 0 saturated carbocycles. The molecule has 1 aromatic carbocycles. The van der Waals surface area contributed by atoms with Gasteiger partial charge in [-0.1, -0.05) is 30.3 Å². The normalized spacial score (nSPS) is 12.8. The van der Waals surface area contributed by atoms with Gasteiger partial charge in [-0.25, -0.2) is 4.79 Å². The van der Waals surface area contributed by atoms with Crippen LogP contribution in [0.1, 0.15) is 18.9 Å². The Hall–Kier alpha value is -2.22. The van der Waals surface area contributed by atoms with Gasteiger partial charge in [-0.05, 0) is 30.9 Å². The Labute approximate surface area is 145 Å². The summed E-state index contributed by atoms with van der Waals surface area (Å²) in [7, 11) is 0. The number of thioether (sulfide) groups is 1. The second-order valence-electron chi connectivity index (χ2n) is 5.11. The van der Waals surface area contributed by atoms with Crippen LogP contribution in [0.3, 0.4) is 0 Å². The molecule has 7 nitrogen and oxygen atoms in total. The average molecular weight is 354 g/mol. The van der Waals surface area contributed by atoms with Gasteiger partial charge in [0.1, 0.15) is 18.7 Å². The number of carbonyl (C=O) groups is 3. The van der Waals surface area contributed by atoms with Gasteiger partial charge < -0.3 is 20.5 Å². The van der Waals surface area contributed by atoms with Crippen LogP contribution in [-0.4, -0.2) is 47.2 Å². The Morgan fingerprint density at radius 1 is 1.21 bits per heavy atom. The third-order valence-corrected chi connectivity index (χ3v) is 3.81. The Bertz CT molecular complexity index is 553. The van der Waals surface area contributed by atoms with Crippen molar-refractivity contribution in [2.45, 2.75) is 32.0 Å². The van der Waals surface area contributed by atoms with Crippen molar-refractivity contribution in [1.82, 2.24) is 10.6 Å². The summed E-state index contributed by atoms with van der Waals surface area (Å²) in [6.45, 7) is 1.45. The highest BCUT2D eigenvalue weighted by Crippen LogP contribution is 2.04. The van der Waals surface area contributed by atoms with Crippen molar-refractivity contribution in [3.05, 3.63) is 35.9 Å². The van der Waals surface area contributed by atoms with E-state index in [1.54, 1.807) is 0 Å². The molecule has 0 aromatic heterocycles. The van der Waals surface area contributed by atoms with Crippen LogP contribution in [0.2, 0.25) is 0 Å². The number of hydrogen-bond acceptors (Lipinski definition) is 5. The van der Waals surface area contributed by atoms with E-state index in [9.17, 15) is 14.4 Å². The fourth-order valence-corrected chi connectivity index (χ4v) is 2.26. The molecule has 24 heavy (non-hydrogen) atoms. The van der Waals surface area contributed by atoms with Gasteiger partial charge in [0.15, 0.2) is 0 Å². The first-order valence-corrected chi connectivity index (χ1v) is 8.82. The number of ether oxygens (including phenoxy) is 1. The molecule has 0 radical (unpaired) electrons. The van der Waals surface area contributed by atoms with Crippen molar-refractivity contribution in [1.29, 1.82) is 0 Å². The second kappa shape index (κ2) is 10.5. The number of carboxylic acid groups (broad SMARTS) is 1. The summed E-state index contributed by atoms with van der Waals surface area (Å²) >= 11 is 1.52. The molecule has 2 atom stereocenters. The van der Waals surface area contributed by atoms with Crippen LogP contribution in [0.5, 0.6) is 0 Å². The maximum Gasteiger partial charge on any atom is 0.408 e. The minimum Gasteiger partial charge on any atom is -0.480 e. The number of rotatable bonds is 9. The monoisotopic (exact) mass is 354 g/mol. The van der Waals surface area contributed by atoms with Crippen molar-refractivity contribution < 1.29 is 24.2 Å². The first-order chi connectivity index (χ1) is 11.4. The molecule has 0 heterocycles. The van der Waals surface area contributed by atoms with Gasteiger partial charge in [0.05, 0.1) is 0 Å². The molecule has 2 amide bonds. The number of nitrogens with one attached hydrogen (secondary N) is 2. The van der Waals surface area contributed by atoms with Crippen LogP contribution in [0.25, 0.3) is 0 Å². The number of carboxylic acids is 1. The van der Waals surface area contributed by atoms with Crippen molar-refractivity contribution in [2.24, 2.45) is 0 Å². The van der Waals surface area contributed by atoms with Crippen LogP contribution in [0, 0.1) is 0 Å². The van der Waals surface area contributed by atoms with Crippen LogP contribution in [0.4, 0.5) is 4.79 Å². The topological polar surface area (TPSA) is 105 Å². The maximum atomic E-state index is 12.1. The Balaban J connectivity index is 2.55. The predicted molar refractivity (Wildman–Crippen MR) is 91.8 cm³/mol. The highest BCUT2D eigenvalue weighted by molar-refractivity contribution is 7.98. The van der Waals surface area contributed by atoms with Gasteiger partial charge in [-0.2, -0.15) is 11.8 Å². The summed E-state index contributed by atoms with van der Waals surface area (Å²) in [6.07, 6.45) is 1.53. The van der Waals surface area contributed by atoms with Crippen molar-refractivity contribution in [3.8, 4) is 0 Å². The number of carbonyl (C=O) groups excluding carboxylic acids is 2. The smallest absolute Gasteiger partial charge is 0.408 e. The molecule has 0 aliphatic rings. The van der Waals surface area contributed by atoms with E-state index in [4.69, 9.17) is 9.84 Å². The summed E-state index contributed by atoms with van der Waals surface area (Å²) < 4.78 is 5.09. The van der Waals surface area contributed by atoms with Gasteiger partial charge in [0.25, 0.3) is 0 Å². The summed E-state index contributed by atoms with van der Waals surface area (Å²) in [5.74, 6) is -1.05. The van der Waals surface area contributed by atoms with E-state index in [0.717, 1.165) is 5.56 Å². The highest BCUT2D eigenvalue weighted by atomic mass is 32.2. The van der Waals surface area contributed by atoms with E-state index in [2.05, 4.69) is 10.6 Å². The lowest BCUT2D eigenvalue weighted by Gasteiger charge is -2.19. The SMILES string of the molecule is CSCC[C@H](NC(=O)OCc1ccccc1)C(=O)N[C@H](C)C(=O)O. The molecule has 0 aliphatic heterocycles. The number of benzene rings is 1. The van der Waals surface area contributed by atoms with Crippen molar-refractivity contribution in [3.63, 3.8) is 0 Å². The lowest BCUT2D eigenvalue weighted by Crippen LogP contribution is -2.51. The van der Waals surface area contributed by atoms with Crippen molar-refractivity contribution >= 4 is 29.7 Å². The molecule has 3 N–H and O–H groups in total. The third-order valence-electron chi connectivity index (χ3n) is 3.16. The zero-order valence-corrected chi connectivity index (χ0v) is 14.5. The maximum absolute atomic E-state index is 12.1. The number of hydrogen-bond donors (Lipinski definition) is 3. The fraction of sp³-hybridized carbons (Fsp3) is 0.438. The van der Waals surface area contributed by atoms with Gasteiger partial charge >= 0.3 is 12.1 Å². The summed E-state index contributed by atoms with van der Waals surface area (Å²) in [6, 6.07) is 7.28. The summed E-state index contributed by atoms with van der Waals surface area (Å²) in [4.78, 5) is 34.8. The Kier molecular flexibility index (Phi) is 8.70. The van der Waals surface area contributed by atoms with Gasteiger partial charge in [-0.15, -0.1) is 0 Å². The number of amides is 2. The molecule has 8 heteroatoms. The highest BCUT2D eigenvalue weighted by Gasteiger charge is 2.24. The second-order valence-corrected chi connectivity index (χ2v) is 6.09. The predicted octanol–water partition coefficient (Wildman–Crippen LogP) is 1.62. The first-order valence-electron chi connectivity index (χ1n) is 7.43. The Morgan fingerprint density at radius 3 is 2.46 bits per heavy atom. The minimum absolute atomic E-state index is 0.0923. The molecule has 0 aliphatic carbocycles. The van der Waals surface area contributed by atoms with Crippen LogP contribution in [0.15, 0.2) is 30.3 Å². The van der Waals surface area contributed by atoms with E-state index >= 15 is 0 Å². The van der Waals surface area contributed by atoms with E-state index in [-0.39, 0.29) is 6.61 Å². The van der Waals surface area contributed by atoms with Gasteiger partial charge in [-0.3, -0.25) is 9.59 Å². The van der Waals surface area contributed by atoms with Crippen molar-refractivity contribution in [2.75, 3.05) is 12.0 Å². The van der Waals surface area contributed by atoms with Gasteiger partial charge in [0, 0.05) is 0 Å². The molecular formula is C16H22N2O5S. The zero-order valence-electron chi connectivity index (χ0n) is 13.7. The van der Waals surface area contributed by atoms with E-state index in [1.165, 1.54) is 18.7 Å². The fourth-order valence-electron chi connectivity index (χ4n) is 1.79. The minimum atomic E-state index is -1.14. The lowest BCUT2D eigenvalue weighted by atomic mass is 10.2. The average Bonchev–Trinajstić information content (AvgIpc) is 2.57. The molecule has 0 bridgehead atoms. The zero-order chi connectivity index (χ0) is 17.9. The molecule has 1 rings (SSSR count). The van der Waals surface area contributed by atoms with Crippen LogP contribution >= 0.6 is 11.8 Å². The number of aliphatic carboxylic acids is 1. The Morgan fingerprint density at radius 2 is 1.88 bits per heavy atom. The van der Waals surface area contributed by atoms with Crippen LogP contribution in [-0.2, 0) is 20.9 Å². The van der Waals surface area contributed by atoms with Crippen LogP contribution < -0.4 is 10.6 Å². The molecular weight excluding hydrogens is 332 g/mol. The summed E-state index contributed by atoms with van der Waals surface area (Å²) in [5, 5.41) is 13.7. The lowest BCUT2D eigenvalue weighted by molar-refractivity contribution is -0.141. The quantitative estimate of drug-likeness (QED) is 0.622. The van der Waals surface area contributed by atoms with E-state index in [0.29, 0.717) is 12.2 Å².